The molecule has 0 saturated heterocycles. The molecule has 72 valence electrons. The first-order valence-corrected chi connectivity index (χ1v) is 4.23. The fourth-order valence-corrected chi connectivity index (χ4v) is 1.24. The Hall–Kier alpha value is -1.55. The zero-order valence-corrected chi connectivity index (χ0v) is 7.75. The molecule has 0 aliphatic heterocycles. The Morgan fingerprint density at radius 1 is 1.36 bits per heavy atom. The molecule has 3 nitrogen and oxygen atoms in total. The first-order chi connectivity index (χ1) is 6.70. The van der Waals surface area contributed by atoms with E-state index in [9.17, 15) is 4.39 Å². The molecule has 2 rings (SSSR count). The van der Waals surface area contributed by atoms with E-state index < -0.39 is 5.82 Å². The molecule has 1 aromatic carbocycles. The number of nitrogens with zero attached hydrogens (tertiary/aromatic N) is 1. The highest BCUT2D eigenvalue weighted by Gasteiger charge is 2.15. The smallest absolute Gasteiger partial charge is 0.195 e. The molecule has 0 bridgehead atoms. The summed E-state index contributed by atoms with van der Waals surface area (Å²) in [6, 6.07) is 6.11. The van der Waals surface area contributed by atoms with Crippen LogP contribution in [0.15, 0.2) is 28.8 Å². The number of rotatable bonds is 1. The van der Waals surface area contributed by atoms with E-state index in [2.05, 4.69) is 5.16 Å². The van der Waals surface area contributed by atoms with Gasteiger partial charge in [0.05, 0.1) is 5.56 Å². The number of halogens is 2. The molecule has 0 saturated carbocycles. The van der Waals surface area contributed by atoms with E-state index in [0.29, 0.717) is 0 Å². The molecular formula is C9H6ClFN2O. The van der Waals surface area contributed by atoms with Crippen molar-refractivity contribution in [2.24, 2.45) is 0 Å². The molecule has 0 radical (unpaired) electrons. The molecule has 0 atom stereocenters. The SMILES string of the molecule is Nc1c(Cl)noc1-c1ccccc1F. The second-order valence-electron chi connectivity index (χ2n) is 2.70. The highest BCUT2D eigenvalue weighted by Crippen LogP contribution is 2.32. The molecule has 0 aliphatic carbocycles. The maximum Gasteiger partial charge on any atom is 0.195 e. The van der Waals surface area contributed by atoms with Gasteiger partial charge in [0.1, 0.15) is 11.5 Å². The molecule has 0 amide bonds. The minimum atomic E-state index is -0.424. The topological polar surface area (TPSA) is 52.0 Å². The van der Waals surface area contributed by atoms with Crippen LogP contribution in [0.4, 0.5) is 10.1 Å². The van der Waals surface area contributed by atoms with E-state index in [1.165, 1.54) is 6.07 Å². The Balaban J connectivity index is 2.60. The van der Waals surface area contributed by atoms with Crippen LogP contribution in [-0.2, 0) is 0 Å². The fourth-order valence-electron chi connectivity index (χ4n) is 1.12. The van der Waals surface area contributed by atoms with Crippen LogP contribution in [0.2, 0.25) is 5.15 Å². The van der Waals surface area contributed by atoms with Crippen molar-refractivity contribution in [3.05, 3.63) is 35.2 Å². The number of hydrogen-bond donors (Lipinski definition) is 1. The van der Waals surface area contributed by atoms with Crippen LogP contribution < -0.4 is 5.73 Å². The lowest BCUT2D eigenvalue weighted by atomic mass is 10.1. The van der Waals surface area contributed by atoms with Crippen LogP contribution >= 0.6 is 11.6 Å². The summed E-state index contributed by atoms with van der Waals surface area (Å²) in [4.78, 5) is 0. The van der Waals surface area contributed by atoms with E-state index in [0.717, 1.165) is 0 Å². The summed E-state index contributed by atoms with van der Waals surface area (Å²) in [5.74, 6) is -0.264. The molecule has 0 aliphatic rings. The summed E-state index contributed by atoms with van der Waals surface area (Å²) in [5, 5.41) is 3.48. The molecule has 1 heterocycles. The molecular weight excluding hydrogens is 207 g/mol. The summed E-state index contributed by atoms with van der Waals surface area (Å²) in [7, 11) is 0. The van der Waals surface area contributed by atoms with Gasteiger partial charge in [0, 0.05) is 0 Å². The summed E-state index contributed by atoms with van der Waals surface area (Å²) < 4.78 is 18.1. The van der Waals surface area contributed by atoms with Crippen molar-refractivity contribution < 1.29 is 8.91 Å². The van der Waals surface area contributed by atoms with Gasteiger partial charge in [-0.2, -0.15) is 0 Å². The summed E-state index contributed by atoms with van der Waals surface area (Å²) in [6.07, 6.45) is 0. The number of anilines is 1. The van der Waals surface area contributed by atoms with E-state index in [1.54, 1.807) is 18.2 Å². The summed E-state index contributed by atoms with van der Waals surface area (Å²) >= 11 is 5.58. The second-order valence-corrected chi connectivity index (χ2v) is 3.05. The lowest BCUT2D eigenvalue weighted by molar-refractivity contribution is 0.430. The van der Waals surface area contributed by atoms with Crippen molar-refractivity contribution in [3.8, 4) is 11.3 Å². The Kier molecular flexibility index (Phi) is 2.13. The van der Waals surface area contributed by atoms with Gasteiger partial charge in [0.2, 0.25) is 0 Å². The van der Waals surface area contributed by atoms with Crippen molar-refractivity contribution in [2.75, 3.05) is 5.73 Å². The first kappa shape index (κ1) is 9.02. The highest BCUT2D eigenvalue weighted by atomic mass is 35.5. The van der Waals surface area contributed by atoms with Crippen molar-refractivity contribution in [2.45, 2.75) is 0 Å². The zero-order valence-electron chi connectivity index (χ0n) is 7.00. The second kappa shape index (κ2) is 3.31. The predicted octanol–water partition coefficient (Wildman–Crippen LogP) is 2.72. The largest absolute Gasteiger partial charge is 0.393 e. The standard InChI is InChI=1S/C9H6ClFN2O/c10-9-7(12)8(14-13-9)5-3-1-2-4-6(5)11/h1-4H,12H2. The van der Waals surface area contributed by atoms with Crippen LogP contribution in [0.5, 0.6) is 0 Å². The van der Waals surface area contributed by atoms with Crippen LogP contribution in [0, 0.1) is 5.82 Å². The highest BCUT2D eigenvalue weighted by molar-refractivity contribution is 6.32. The number of nitrogen functional groups attached to an aromatic ring is 1. The fraction of sp³-hybridized carbons (Fsp3) is 0. The van der Waals surface area contributed by atoms with E-state index >= 15 is 0 Å². The Labute approximate surface area is 84.3 Å². The molecule has 2 N–H and O–H groups in total. The lowest BCUT2D eigenvalue weighted by Gasteiger charge is -1.97. The maximum absolute atomic E-state index is 13.3. The van der Waals surface area contributed by atoms with E-state index in [-0.39, 0.29) is 22.2 Å². The number of aromatic nitrogens is 1. The van der Waals surface area contributed by atoms with Crippen molar-refractivity contribution in [3.63, 3.8) is 0 Å². The minimum Gasteiger partial charge on any atom is -0.393 e. The monoisotopic (exact) mass is 212 g/mol. The van der Waals surface area contributed by atoms with Crippen LogP contribution in [0.25, 0.3) is 11.3 Å². The normalized spacial score (nSPS) is 10.4. The predicted molar refractivity (Wildman–Crippen MR) is 51.3 cm³/mol. The maximum atomic E-state index is 13.3. The molecule has 2 aromatic rings. The lowest BCUT2D eigenvalue weighted by Crippen LogP contribution is -1.88. The van der Waals surface area contributed by atoms with Crippen molar-refractivity contribution >= 4 is 17.3 Å². The molecule has 1 aromatic heterocycles. The average Bonchev–Trinajstić information content (AvgIpc) is 2.49. The molecule has 14 heavy (non-hydrogen) atoms. The van der Waals surface area contributed by atoms with E-state index in [4.69, 9.17) is 21.9 Å². The summed E-state index contributed by atoms with van der Waals surface area (Å²) in [6.45, 7) is 0. The van der Waals surface area contributed by atoms with E-state index in [1.807, 2.05) is 0 Å². The average molecular weight is 213 g/mol. The molecule has 0 unspecified atom stereocenters. The van der Waals surface area contributed by atoms with Gasteiger partial charge >= 0.3 is 0 Å². The molecule has 5 heteroatoms. The minimum absolute atomic E-state index is 0.0447. The van der Waals surface area contributed by atoms with Gasteiger partial charge in [-0.3, -0.25) is 0 Å². The van der Waals surface area contributed by atoms with Gasteiger partial charge in [-0.1, -0.05) is 28.9 Å². The van der Waals surface area contributed by atoms with Gasteiger partial charge in [-0.25, -0.2) is 4.39 Å². The van der Waals surface area contributed by atoms with Gasteiger partial charge in [-0.05, 0) is 12.1 Å². The third kappa shape index (κ3) is 1.33. The Morgan fingerprint density at radius 2 is 2.07 bits per heavy atom. The number of hydrogen-bond acceptors (Lipinski definition) is 3. The Morgan fingerprint density at radius 3 is 2.64 bits per heavy atom. The molecule has 0 spiro atoms. The summed E-state index contributed by atoms with van der Waals surface area (Å²) in [5.41, 5.74) is 5.95. The number of nitrogens with two attached hydrogens (primary N) is 1. The first-order valence-electron chi connectivity index (χ1n) is 3.85. The van der Waals surface area contributed by atoms with Crippen LogP contribution in [0.3, 0.4) is 0 Å². The van der Waals surface area contributed by atoms with Crippen molar-refractivity contribution in [1.29, 1.82) is 0 Å². The quantitative estimate of drug-likeness (QED) is 0.791. The molecule has 0 fully saturated rings. The Bertz CT molecular complexity index is 470. The van der Waals surface area contributed by atoms with Gasteiger partial charge < -0.3 is 10.3 Å². The third-order valence-electron chi connectivity index (χ3n) is 1.80. The third-order valence-corrected chi connectivity index (χ3v) is 2.08. The zero-order chi connectivity index (χ0) is 10.1. The van der Waals surface area contributed by atoms with Crippen molar-refractivity contribution in [1.82, 2.24) is 5.16 Å². The van der Waals surface area contributed by atoms with Crippen LogP contribution in [0.1, 0.15) is 0 Å². The van der Waals surface area contributed by atoms with Gasteiger partial charge in [0.25, 0.3) is 0 Å². The van der Waals surface area contributed by atoms with Crippen LogP contribution in [-0.4, -0.2) is 5.16 Å². The van der Waals surface area contributed by atoms with Gasteiger partial charge in [0.15, 0.2) is 10.9 Å². The number of benzene rings is 1. The van der Waals surface area contributed by atoms with Gasteiger partial charge in [-0.15, -0.1) is 0 Å².